The van der Waals surface area contributed by atoms with Crippen molar-refractivity contribution in [3.8, 4) is 45.5 Å². The minimum atomic E-state index is -3.08. The SMILES string of the molecule is CN=CC(=CN)c1ccn2c(-c3cc(OC)c(C(=O)CC4CC4)c(OC(F)F)c3)cnc2c1.COc1cc(-c2cnc3cc(Br)ccn23)cc(OC(F)F)c1C(=O)CC1CC1. The van der Waals surface area contributed by atoms with E-state index in [1.54, 1.807) is 48.4 Å². The summed E-state index contributed by atoms with van der Waals surface area (Å²) in [6, 6.07) is 13.5. The standard InChI is InChI=1S/C24H24F2N4O3.C20H17BrF2N2O3/c1-28-12-17(11-27)15-5-6-30-18(13-29-22(30)10-15)16-8-20(32-2)23(19(31)7-14-3-4-14)21(9-16)33-24(25)26;1-27-16-7-12(14-10-24-18-9-13(21)4-5-25(14)18)8-17(28-20(22)23)19(16)15(26)6-11-2-3-11/h5-6,8-14,24H,3-4,7,27H2,1-2H3;4-5,7-11,20H,2-3,6H2,1H3. The molecule has 0 aliphatic heterocycles. The lowest BCUT2D eigenvalue weighted by atomic mass is 10.00. The lowest BCUT2D eigenvalue weighted by Gasteiger charge is -2.16. The summed E-state index contributed by atoms with van der Waals surface area (Å²) in [6.45, 7) is -6.13. The second kappa shape index (κ2) is 18.6. The number of carbonyl (C=O) groups is 2. The Morgan fingerprint density at radius 1 is 0.770 bits per heavy atom. The first-order valence-electron chi connectivity index (χ1n) is 19.3. The average Bonchev–Trinajstić information content (AvgIpc) is 4.15. The van der Waals surface area contributed by atoms with E-state index in [0.29, 0.717) is 52.1 Å². The first-order chi connectivity index (χ1) is 29.4. The highest BCUT2D eigenvalue weighted by Gasteiger charge is 2.31. The number of methoxy groups -OCH3 is 2. The van der Waals surface area contributed by atoms with Gasteiger partial charge in [0.2, 0.25) is 0 Å². The fourth-order valence-electron chi connectivity index (χ4n) is 6.99. The summed E-state index contributed by atoms with van der Waals surface area (Å²) in [7, 11) is 4.46. The van der Waals surface area contributed by atoms with E-state index in [0.717, 1.165) is 41.3 Å². The van der Waals surface area contributed by atoms with E-state index in [1.165, 1.54) is 32.6 Å². The number of alkyl halides is 4. The normalized spacial score (nSPS) is 14.2. The molecule has 4 aromatic heterocycles. The van der Waals surface area contributed by atoms with Crippen molar-refractivity contribution in [1.29, 1.82) is 0 Å². The molecule has 12 nitrogen and oxygen atoms in total. The van der Waals surface area contributed by atoms with Crippen LogP contribution in [0.15, 0.2) is 89.0 Å². The molecule has 0 amide bonds. The molecule has 0 unspecified atom stereocenters. The van der Waals surface area contributed by atoms with Crippen LogP contribution >= 0.6 is 15.9 Å². The summed E-state index contributed by atoms with van der Waals surface area (Å²) in [5.41, 5.74) is 11.0. The number of pyridine rings is 2. The van der Waals surface area contributed by atoms with Gasteiger partial charge in [-0.1, -0.05) is 15.9 Å². The van der Waals surface area contributed by atoms with Crippen LogP contribution in [0.4, 0.5) is 17.6 Å². The van der Waals surface area contributed by atoms with Gasteiger partial charge in [0.05, 0.1) is 38.0 Å². The predicted molar refractivity (Wildman–Crippen MR) is 225 cm³/mol. The fourth-order valence-corrected chi connectivity index (χ4v) is 7.32. The highest BCUT2D eigenvalue weighted by Crippen LogP contribution is 2.42. The van der Waals surface area contributed by atoms with Crippen molar-refractivity contribution in [1.82, 2.24) is 18.8 Å². The first-order valence-corrected chi connectivity index (χ1v) is 20.1. The number of imidazole rings is 2. The highest BCUT2D eigenvalue weighted by molar-refractivity contribution is 9.10. The molecule has 318 valence electrons. The number of Topliss-reactive ketones (excluding diaryl/α,β-unsaturated/α-hetero) is 2. The number of ether oxygens (including phenoxy) is 4. The first kappa shape index (κ1) is 42.9. The average molecular weight is 906 g/mol. The third kappa shape index (κ3) is 9.88. The van der Waals surface area contributed by atoms with Gasteiger partial charge in [-0.15, -0.1) is 0 Å². The van der Waals surface area contributed by atoms with Crippen molar-refractivity contribution < 1.29 is 46.1 Å². The Kier molecular flexibility index (Phi) is 13.1. The number of benzene rings is 2. The molecule has 6 aromatic rings. The van der Waals surface area contributed by atoms with Crippen molar-refractivity contribution in [2.45, 2.75) is 51.7 Å². The van der Waals surface area contributed by atoms with E-state index in [2.05, 4.69) is 30.9 Å². The van der Waals surface area contributed by atoms with Crippen molar-refractivity contribution >= 4 is 50.6 Å². The third-order valence-corrected chi connectivity index (χ3v) is 10.8. The molecular weight excluding hydrogens is 864 g/mol. The number of hydrogen-bond donors (Lipinski definition) is 1. The van der Waals surface area contributed by atoms with Gasteiger partial charge in [-0.2, -0.15) is 17.6 Å². The zero-order valence-corrected chi connectivity index (χ0v) is 34.9. The lowest BCUT2D eigenvalue weighted by Crippen LogP contribution is -2.11. The molecule has 2 aliphatic carbocycles. The second-order valence-electron chi connectivity index (χ2n) is 14.5. The van der Waals surface area contributed by atoms with E-state index >= 15 is 0 Å². The summed E-state index contributed by atoms with van der Waals surface area (Å²) in [4.78, 5) is 38.3. The van der Waals surface area contributed by atoms with Gasteiger partial charge in [-0.05, 0) is 91.6 Å². The largest absolute Gasteiger partial charge is 0.496 e. The molecule has 2 fully saturated rings. The minimum absolute atomic E-state index is 0.0427. The molecule has 17 heteroatoms. The van der Waals surface area contributed by atoms with E-state index in [9.17, 15) is 27.2 Å². The molecule has 4 heterocycles. The summed E-state index contributed by atoms with van der Waals surface area (Å²) in [5.74, 6) is 0.111. The minimum Gasteiger partial charge on any atom is -0.496 e. The molecule has 8 rings (SSSR count). The summed E-state index contributed by atoms with van der Waals surface area (Å²) >= 11 is 3.40. The maximum atomic E-state index is 13.2. The monoisotopic (exact) mass is 904 g/mol. The topological polar surface area (TPSA) is 144 Å². The molecule has 0 radical (unpaired) electrons. The molecule has 0 saturated heterocycles. The fraction of sp³-hybridized carbons (Fsp3) is 0.295. The predicted octanol–water partition coefficient (Wildman–Crippen LogP) is 9.95. The summed E-state index contributed by atoms with van der Waals surface area (Å²) in [6.07, 6.45) is 14.4. The second-order valence-corrected chi connectivity index (χ2v) is 15.4. The van der Waals surface area contributed by atoms with E-state index in [4.69, 9.17) is 24.7 Å². The molecule has 2 N–H and O–H groups in total. The number of nitrogens with zero attached hydrogens (tertiary/aromatic N) is 5. The highest BCUT2D eigenvalue weighted by atomic mass is 79.9. The van der Waals surface area contributed by atoms with Crippen molar-refractivity contribution in [2.24, 2.45) is 22.6 Å². The lowest BCUT2D eigenvalue weighted by molar-refractivity contribution is -0.0509. The van der Waals surface area contributed by atoms with Gasteiger partial charge in [-0.25, -0.2) is 9.97 Å². The number of rotatable bonds is 16. The van der Waals surface area contributed by atoms with Gasteiger partial charge in [0.25, 0.3) is 0 Å². The van der Waals surface area contributed by atoms with Crippen LogP contribution in [-0.4, -0.2) is 71.0 Å². The van der Waals surface area contributed by atoms with Gasteiger partial charge in [-0.3, -0.25) is 23.4 Å². The van der Waals surface area contributed by atoms with Crippen molar-refractivity contribution in [2.75, 3.05) is 21.3 Å². The summed E-state index contributed by atoms with van der Waals surface area (Å²) in [5, 5.41) is 0. The Balaban J connectivity index is 0.000000186. The molecule has 0 spiro atoms. The molecule has 0 atom stereocenters. The number of allylic oxidation sites excluding steroid dienone is 1. The number of halogens is 5. The van der Waals surface area contributed by atoms with Crippen LogP contribution in [-0.2, 0) is 0 Å². The van der Waals surface area contributed by atoms with E-state index in [-0.39, 0.29) is 52.1 Å². The molecule has 2 aromatic carbocycles. The number of aliphatic imine (C=N–C) groups is 1. The molecule has 2 aliphatic rings. The van der Waals surface area contributed by atoms with Gasteiger partial charge in [0, 0.05) is 65.9 Å². The molecular formula is C44H41BrF4N6O6. The quantitative estimate of drug-likeness (QED) is 0.0570. The number of aromatic nitrogens is 4. The number of carbonyl (C=O) groups excluding carboxylic acids is 2. The Morgan fingerprint density at radius 2 is 1.23 bits per heavy atom. The molecule has 0 bridgehead atoms. The van der Waals surface area contributed by atoms with Gasteiger partial charge in [0.15, 0.2) is 11.6 Å². The van der Waals surface area contributed by atoms with Crippen molar-refractivity contribution in [3.05, 3.63) is 101 Å². The van der Waals surface area contributed by atoms with Crippen LogP contribution in [0.3, 0.4) is 0 Å². The Morgan fingerprint density at radius 3 is 1.66 bits per heavy atom. The number of ketones is 2. The van der Waals surface area contributed by atoms with Crippen LogP contribution in [0.5, 0.6) is 23.0 Å². The number of hydrogen-bond acceptors (Lipinski definition) is 10. The van der Waals surface area contributed by atoms with Crippen LogP contribution in [0.25, 0.3) is 39.4 Å². The Labute approximate surface area is 356 Å². The Hall–Kier alpha value is -6.23. The molecule has 61 heavy (non-hydrogen) atoms. The van der Waals surface area contributed by atoms with E-state index < -0.39 is 13.2 Å². The molecule has 2 saturated carbocycles. The number of fused-ring (bicyclic) bond motifs is 2. The number of nitrogens with two attached hydrogens (primary N) is 1. The third-order valence-electron chi connectivity index (χ3n) is 10.3. The van der Waals surface area contributed by atoms with Crippen LogP contribution in [0, 0.1) is 11.8 Å². The smallest absolute Gasteiger partial charge is 0.387 e. The zero-order valence-electron chi connectivity index (χ0n) is 33.3. The van der Waals surface area contributed by atoms with Crippen molar-refractivity contribution in [3.63, 3.8) is 0 Å². The van der Waals surface area contributed by atoms with Crippen LogP contribution < -0.4 is 24.7 Å². The van der Waals surface area contributed by atoms with Crippen LogP contribution in [0.2, 0.25) is 0 Å². The Bertz CT molecular complexity index is 2650. The van der Waals surface area contributed by atoms with Crippen LogP contribution in [0.1, 0.15) is 64.8 Å². The van der Waals surface area contributed by atoms with Gasteiger partial charge < -0.3 is 24.7 Å². The van der Waals surface area contributed by atoms with Gasteiger partial charge in [0.1, 0.15) is 45.4 Å². The maximum Gasteiger partial charge on any atom is 0.387 e. The summed E-state index contributed by atoms with van der Waals surface area (Å²) < 4.78 is 77.2. The zero-order chi connectivity index (χ0) is 43.4. The van der Waals surface area contributed by atoms with Gasteiger partial charge >= 0.3 is 13.2 Å². The van der Waals surface area contributed by atoms with E-state index in [1.807, 2.05) is 34.9 Å². The maximum absolute atomic E-state index is 13.2.